The van der Waals surface area contributed by atoms with Crippen LogP contribution in [0.2, 0.25) is 5.02 Å². The Kier molecular flexibility index (Phi) is 5.43. The predicted octanol–water partition coefficient (Wildman–Crippen LogP) is 2.36. The Labute approximate surface area is 108 Å². The van der Waals surface area contributed by atoms with Gasteiger partial charge in [0, 0.05) is 6.54 Å². The maximum absolute atomic E-state index is 12.0. The lowest BCUT2D eigenvalue weighted by atomic mass is 10.2. The quantitative estimate of drug-likeness (QED) is 0.811. The highest BCUT2D eigenvalue weighted by Gasteiger charge is 2.16. The predicted molar refractivity (Wildman–Crippen MR) is 71.2 cm³/mol. The highest BCUT2D eigenvalue weighted by atomic mass is 35.5. The number of hydrogen-bond donors (Lipinski definition) is 1. The maximum atomic E-state index is 12.0. The first-order valence-electron chi connectivity index (χ1n) is 5.61. The molecule has 1 aromatic carbocycles. The van der Waals surface area contributed by atoms with Gasteiger partial charge in [0.25, 0.3) is 0 Å². The lowest BCUT2D eigenvalue weighted by molar-refractivity contribution is 0.557. The first-order valence-corrected chi connectivity index (χ1v) is 7.64. The molecule has 0 atom stereocenters. The van der Waals surface area contributed by atoms with Gasteiger partial charge >= 0.3 is 0 Å². The van der Waals surface area contributed by atoms with Crippen molar-refractivity contribution in [2.24, 2.45) is 5.92 Å². The van der Waals surface area contributed by atoms with Crippen LogP contribution >= 0.6 is 11.6 Å². The Morgan fingerprint density at radius 3 is 2.53 bits per heavy atom. The van der Waals surface area contributed by atoms with E-state index in [1.807, 2.05) is 0 Å². The molecular weight excluding hydrogens is 258 g/mol. The molecule has 0 aromatic heterocycles. The van der Waals surface area contributed by atoms with Gasteiger partial charge in [-0.2, -0.15) is 0 Å². The fourth-order valence-electron chi connectivity index (χ4n) is 1.40. The van der Waals surface area contributed by atoms with Crippen LogP contribution in [0.15, 0.2) is 29.2 Å². The molecule has 0 aliphatic carbocycles. The number of nitrogens with one attached hydrogen (secondary N) is 1. The van der Waals surface area contributed by atoms with Gasteiger partial charge in [0.05, 0.1) is 15.7 Å². The van der Waals surface area contributed by atoms with E-state index in [4.69, 9.17) is 11.6 Å². The van der Waals surface area contributed by atoms with Crippen LogP contribution < -0.4 is 5.32 Å². The van der Waals surface area contributed by atoms with E-state index < -0.39 is 9.84 Å². The van der Waals surface area contributed by atoms with Crippen molar-refractivity contribution in [2.45, 2.75) is 18.7 Å². The van der Waals surface area contributed by atoms with E-state index in [-0.39, 0.29) is 15.7 Å². The van der Waals surface area contributed by atoms with Crippen molar-refractivity contribution < 1.29 is 8.42 Å². The lowest BCUT2D eigenvalue weighted by Gasteiger charge is -2.09. The zero-order chi connectivity index (χ0) is 12.9. The Morgan fingerprint density at radius 2 is 1.94 bits per heavy atom. The standard InChI is InChI=1S/C12H18ClNO2S/c1-10(2)9-14-7-8-17(15,16)12-6-4-3-5-11(12)13/h3-6,10,14H,7-9H2,1-2H3. The van der Waals surface area contributed by atoms with Crippen molar-refractivity contribution in [3.8, 4) is 0 Å². The molecule has 0 aliphatic heterocycles. The van der Waals surface area contributed by atoms with Crippen molar-refractivity contribution in [1.82, 2.24) is 5.32 Å². The van der Waals surface area contributed by atoms with Crippen molar-refractivity contribution in [1.29, 1.82) is 0 Å². The van der Waals surface area contributed by atoms with Crippen LogP contribution in [0.4, 0.5) is 0 Å². The van der Waals surface area contributed by atoms with E-state index in [0.717, 1.165) is 6.54 Å². The summed E-state index contributed by atoms with van der Waals surface area (Å²) in [5.41, 5.74) is 0. The lowest BCUT2D eigenvalue weighted by Crippen LogP contribution is -2.26. The smallest absolute Gasteiger partial charge is 0.181 e. The molecule has 0 bridgehead atoms. The molecule has 0 unspecified atom stereocenters. The maximum Gasteiger partial charge on any atom is 0.181 e. The summed E-state index contributed by atoms with van der Waals surface area (Å²) in [6, 6.07) is 6.54. The summed E-state index contributed by atoms with van der Waals surface area (Å²) in [6.07, 6.45) is 0. The average Bonchev–Trinajstić information content (AvgIpc) is 2.24. The number of rotatable bonds is 6. The van der Waals surface area contributed by atoms with Gasteiger partial charge in [-0.1, -0.05) is 37.6 Å². The van der Waals surface area contributed by atoms with E-state index in [1.54, 1.807) is 24.3 Å². The van der Waals surface area contributed by atoms with Crippen LogP contribution in [0.1, 0.15) is 13.8 Å². The fraction of sp³-hybridized carbons (Fsp3) is 0.500. The number of halogens is 1. The van der Waals surface area contributed by atoms with Crippen molar-refractivity contribution in [3.63, 3.8) is 0 Å². The summed E-state index contributed by atoms with van der Waals surface area (Å²) in [7, 11) is -3.28. The second-order valence-electron chi connectivity index (χ2n) is 4.35. The largest absolute Gasteiger partial charge is 0.315 e. The van der Waals surface area contributed by atoms with Gasteiger partial charge in [-0.15, -0.1) is 0 Å². The minimum absolute atomic E-state index is 0.0729. The summed E-state index contributed by atoms with van der Waals surface area (Å²) >= 11 is 5.87. The molecule has 0 amide bonds. The zero-order valence-electron chi connectivity index (χ0n) is 10.1. The van der Waals surface area contributed by atoms with Gasteiger partial charge in [-0.05, 0) is 24.6 Å². The third-order valence-corrected chi connectivity index (χ3v) is 4.48. The highest BCUT2D eigenvalue weighted by molar-refractivity contribution is 7.91. The Balaban J connectivity index is 2.61. The van der Waals surface area contributed by atoms with Crippen molar-refractivity contribution >= 4 is 21.4 Å². The van der Waals surface area contributed by atoms with E-state index in [2.05, 4.69) is 19.2 Å². The molecule has 0 saturated heterocycles. The molecule has 1 N–H and O–H groups in total. The first-order chi connectivity index (χ1) is 7.93. The van der Waals surface area contributed by atoms with Crippen LogP contribution in [0.5, 0.6) is 0 Å². The molecule has 17 heavy (non-hydrogen) atoms. The Morgan fingerprint density at radius 1 is 1.29 bits per heavy atom. The van der Waals surface area contributed by atoms with Gasteiger partial charge in [0.2, 0.25) is 0 Å². The number of sulfone groups is 1. The molecule has 0 heterocycles. The van der Waals surface area contributed by atoms with Gasteiger partial charge in [-0.3, -0.25) is 0 Å². The summed E-state index contributed by atoms with van der Waals surface area (Å²) in [6.45, 7) is 5.43. The molecule has 5 heteroatoms. The minimum atomic E-state index is -3.28. The zero-order valence-corrected chi connectivity index (χ0v) is 11.7. The number of benzene rings is 1. The number of hydrogen-bond acceptors (Lipinski definition) is 3. The molecule has 0 fully saturated rings. The Hall–Kier alpha value is -0.580. The van der Waals surface area contributed by atoms with Crippen LogP contribution in [0.25, 0.3) is 0 Å². The van der Waals surface area contributed by atoms with Gasteiger partial charge in [0.15, 0.2) is 9.84 Å². The normalized spacial score (nSPS) is 12.0. The second-order valence-corrected chi connectivity index (χ2v) is 6.83. The van der Waals surface area contributed by atoms with E-state index in [1.165, 1.54) is 0 Å². The van der Waals surface area contributed by atoms with Crippen LogP contribution in [0.3, 0.4) is 0 Å². The highest BCUT2D eigenvalue weighted by Crippen LogP contribution is 2.21. The second kappa shape index (κ2) is 6.38. The summed E-state index contributed by atoms with van der Waals surface area (Å²) in [5, 5.41) is 3.40. The third kappa shape index (κ3) is 4.66. The van der Waals surface area contributed by atoms with Crippen molar-refractivity contribution in [3.05, 3.63) is 29.3 Å². The molecule has 0 radical (unpaired) electrons. The topological polar surface area (TPSA) is 46.2 Å². The van der Waals surface area contributed by atoms with E-state index in [0.29, 0.717) is 12.5 Å². The average molecular weight is 276 g/mol. The molecule has 3 nitrogen and oxygen atoms in total. The van der Waals surface area contributed by atoms with E-state index >= 15 is 0 Å². The summed E-state index contributed by atoms with van der Waals surface area (Å²) in [5.74, 6) is 0.585. The molecule has 0 aliphatic rings. The Bertz CT molecular complexity index is 457. The summed E-state index contributed by atoms with van der Waals surface area (Å²) in [4.78, 5) is 0.216. The molecular formula is C12H18ClNO2S. The minimum Gasteiger partial charge on any atom is -0.315 e. The van der Waals surface area contributed by atoms with Gasteiger partial charge < -0.3 is 5.32 Å². The molecule has 1 aromatic rings. The molecule has 96 valence electrons. The SMILES string of the molecule is CC(C)CNCCS(=O)(=O)c1ccccc1Cl. The van der Waals surface area contributed by atoms with Gasteiger partial charge in [-0.25, -0.2) is 8.42 Å². The van der Waals surface area contributed by atoms with E-state index in [9.17, 15) is 8.42 Å². The molecule has 0 saturated carbocycles. The first kappa shape index (κ1) is 14.5. The molecule has 0 spiro atoms. The van der Waals surface area contributed by atoms with Gasteiger partial charge in [0.1, 0.15) is 0 Å². The van der Waals surface area contributed by atoms with Crippen molar-refractivity contribution in [2.75, 3.05) is 18.8 Å². The summed E-state index contributed by atoms with van der Waals surface area (Å²) < 4.78 is 23.9. The van der Waals surface area contributed by atoms with Crippen LogP contribution in [-0.2, 0) is 9.84 Å². The monoisotopic (exact) mass is 275 g/mol. The molecule has 1 rings (SSSR count). The third-order valence-electron chi connectivity index (χ3n) is 2.27. The van der Waals surface area contributed by atoms with Crippen LogP contribution in [0, 0.1) is 5.92 Å². The fourth-order valence-corrected chi connectivity index (χ4v) is 3.18. The van der Waals surface area contributed by atoms with Crippen LogP contribution in [-0.4, -0.2) is 27.3 Å².